The Kier molecular flexibility index (Phi) is 8.20. The number of hydrogen-bond donors (Lipinski definition) is 0. The Morgan fingerprint density at radius 1 is 0.719 bits per heavy atom. The van der Waals surface area contributed by atoms with Crippen molar-refractivity contribution in [2.45, 2.75) is 52.9 Å². The molecule has 0 amide bonds. The standard InChI is InChI=1S/C28H30O4/c1-4-6-18-24-20(3)19-23(13-5-2)25(31-27(29)21-14-9-7-10-15-21)26(24)32-28(30)22-16-11-8-12-17-22/h7-12,14-17,19H,4-6,13,18H2,1-3H3. The van der Waals surface area contributed by atoms with E-state index in [1.54, 1.807) is 48.5 Å². The Balaban J connectivity index is 2.09. The van der Waals surface area contributed by atoms with Crippen LogP contribution in [0.15, 0.2) is 66.7 Å². The minimum atomic E-state index is -0.467. The summed E-state index contributed by atoms with van der Waals surface area (Å²) in [5.74, 6) is -0.222. The molecule has 0 aliphatic heterocycles. The molecule has 0 atom stereocenters. The maximum Gasteiger partial charge on any atom is 0.343 e. The molecular weight excluding hydrogens is 400 g/mol. The van der Waals surface area contributed by atoms with E-state index in [0.717, 1.165) is 42.4 Å². The predicted octanol–water partition coefficient (Wildman–Crippen LogP) is 6.73. The number of rotatable bonds is 9. The van der Waals surface area contributed by atoms with Crippen LogP contribution >= 0.6 is 0 Å². The van der Waals surface area contributed by atoms with E-state index >= 15 is 0 Å². The molecule has 0 aliphatic carbocycles. The minimum absolute atomic E-state index is 0.349. The van der Waals surface area contributed by atoms with E-state index in [0.29, 0.717) is 29.0 Å². The first-order chi connectivity index (χ1) is 15.5. The lowest BCUT2D eigenvalue weighted by molar-refractivity contribution is 0.0679. The van der Waals surface area contributed by atoms with Crippen molar-refractivity contribution in [3.63, 3.8) is 0 Å². The van der Waals surface area contributed by atoms with Gasteiger partial charge in [0.05, 0.1) is 11.1 Å². The van der Waals surface area contributed by atoms with Gasteiger partial charge in [-0.2, -0.15) is 0 Å². The van der Waals surface area contributed by atoms with Gasteiger partial charge < -0.3 is 9.47 Å². The molecule has 3 rings (SSSR count). The number of carbonyl (C=O) groups is 2. The highest BCUT2D eigenvalue weighted by Crippen LogP contribution is 2.40. The smallest absolute Gasteiger partial charge is 0.343 e. The lowest BCUT2D eigenvalue weighted by Crippen LogP contribution is -2.16. The van der Waals surface area contributed by atoms with Crippen LogP contribution in [-0.4, -0.2) is 11.9 Å². The molecule has 0 radical (unpaired) electrons. The number of aryl methyl sites for hydroxylation is 2. The van der Waals surface area contributed by atoms with Crippen LogP contribution in [0.3, 0.4) is 0 Å². The largest absolute Gasteiger partial charge is 0.419 e. The van der Waals surface area contributed by atoms with Gasteiger partial charge in [0.1, 0.15) is 0 Å². The van der Waals surface area contributed by atoms with Gasteiger partial charge in [0.15, 0.2) is 11.5 Å². The minimum Gasteiger partial charge on any atom is -0.419 e. The Bertz CT molecular complexity index is 1060. The maximum absolute atomic E-state index is 13.0. The monoisotopic (exact) mass is 430 g/mol. The molecule has 0 aliphatic rings. The summed E-state index contributed by atoms with van der Waals surface area (Å²) in [6.45, 7) is 6.21. The molecule has 0 bridgehead atoms. The fourth-order valence-corrected chi connectivity index (χ4v) is 3.67. The van der Waals surface area contributed by atoms with Crippen molar-refractivity contribution >= 4 is 11.9 Å². The molecule has 0 saturated carbocycles. The second kappa shape index (κ2) is 11.3. The molecule has 0 spiro atoms. The second-order valence-electron chi connectivity index (χ2n) is 7.85. The fourth-order valence-electron chi connectivity index (χ4n) is 3.67. The molecule has 0 saturated heterocycles. The Morgan fingerprint density at radius 2 is 1.25 bits per heavy atom. The number of esters is 2. The van der Waals surface area contributed by atoms with Gasteiger partial charge in [-0.3, -0.25) is 0 Å². The summed E-state index contributed by atoms with van der Waals surface area (Å²) in [6.07, 6.45) is 4.26. The van der Waals surface area contributed by atoms with Crippen molar-refractivity contribution in [2.75, 3.05) is 0 Å². The highest BCUT2D eigenvalue weighted by atomic mass is 16.6. The van der Waals surface area contributed by atoms with E-state index in [9.17, 15) is 9.59 Å². The quantitative estimate of drug-likeness (QED) is 0.279. The number of hydrogen-bond acceptors (Lipinski definition) is 4. The van der Waals surface area contributed by atoms with Gasteiger partial charge in [-0.05, 0) is 61.6 Å². The van der Waals surface area contributed by atoms with Crippen molar-refractivity contribution in [1.29, 1.82) is 0 Å². The molecule has 3 aromatic carbocycles. The van der Waals surface area contributed by atoms with Crippen molar-refractivity contribution in [1.82, 2.24) is 0 Å². The van der Waals surface area contributed by atoms with Crippen LogP contribution in [0.4, 0.5) is 0 Å². The van der Waals surface area contributed by atoms with E-state index in [4.69, 9.17) is 9.47 Å². The normalized spacial score (nSPS) is 10.6. The summed E-state index contributed by atoms with van der Waals surface area (Å²) >= 11 is 0. The van der Waals surface area contributed by atoms with Crippen LogP contribution in [0.2, 0.25) is 0 Å². The van der Waals surface area contributed by atoms with E-state index in [1.165, 1.54) is 0 Å². The summed E-state index contributed by atoms with van der Waals surface area (Å²) < 4.78 is 11.9. The van der Waals surface area contributed by atoms with Crippen molar-refractivity contribution < 1.29 is 19.1 Å². The van der Waals surface area contributed by atoms with Gasteiger partial charge in [-0.1, -0.05) is 69.2 Å². The summed E-state index contributed by atoms with van der Waals surface area (Å²) in [5, 5.41) is 0. The van der Waals surface area contributed by atoms with Crippen LogP contribution in [0, 0.1) is 6.92 Å². The van der Waals surface area contributed by atoms with Gasteiger partial charge in [-0.25, -0.2) is 9.59 Å². The molecule has 3 aromatic rings. The molecule has 0 aromatic heterocycles. The van der Waals surface area contributed by atoms with Crippen LogP contribution in [0.1, 0.15) is 70.5 Å². The number of carbonyl (C=O) groups excluding carboxylic acids is 2. The molecule has 0 N–H and O–H groups in total. The lowest BCUT2D eigenvalue weighted by atomic mass is 9.96. The Labute approximate surface area is 190 Å². The molecule has 4 nitrogen and oxygen atoms in total. The van der Waals surface area contributed by atoms with Crippen molar-refractivity contribution in [3.05, 3.63) is 94.5 Å². The van der Waals surface area contributed by atoms with Gasteiger partial charge in [-0.15, -0.1) is 0 Å². The van der Waals surface area contributed by atoms with E-state index < -0.39 is 11.9 Å². The van der Waals surface area contributed by atoms with Gasteiger partial charge >= 0.3 is 11.9 Å². The predicted molar refractivity (Wildman–Crippen MR) is 127 cm³/mol. The van der Waals surface area contributed by atoms with E-state index in [2.05, 4.69) is 19.9 Å². The Morgan fingerprint density at radius 3 is 1.75 bits per heavy atom. The third kappa shape index (κ3) is 5.64. The molecule has 0 heterocycles. The summed E-state index contributed by atoms with van der Waals surface area (Å²) in [5.41, 5.74) is 3.72. The maximum atomic E-state index is 13.0. The molecule has 0 unspecified atom stereocenters. The van der Waals surface area contributed by atoms with Gasteiger partial charge in [0, 0.05) is 5.56 Å². The zero-order chi connectivity index (χ0) is 22.9. The topological polar surface area (TPSA) is 52.6 Å². The molecule has 4 heteroatoms. The van der Waals surface area contributed by atoms with Crippen LogP contribution in [0.25, 0.3) is 0 Å². The van der Waals surface area contributed by atoms with Gasteiger partial charge in [0.2, 0.25) is 0 Å². The zero-order valence-corrected chi connectivity index (χ0v) is 19.0. The third-order valence-electron chi connectivity index (χ3n) is 5.35. The second-order valence-corrected chi connectivity index (χ2v) is 7.85. The number of unbranched alkanes of at least 4 members (excludes halogenated alkanes) is 1. The SMILES string of the molecule is CCCCc1c(C)cc(CCC)c(OC(=O)c2ccccc2)c1OC(=O)c1ccccc1. The number of ether oxygens (including phenoxy) is 2. The summed E-state index contributed by atoms with van der Waals surface area (Å²) in [4.78, 5) is 25.9. The van der Waals surface area contributed by atoms with Crippen LogP contribution in [-0.2, 0) is 12.8 Å². The first-order valence-electron chi connectivity index (χ1n) is 11.2. The van der Waals surface area contributed by atoms with Crippen molar-refractivity contribution in [2.24, 2.45) is 0 Å². The average molecular weight is 431 g/mol. The first-order valence-corrected chi connectivity index (χ1v) is 11.2. The van der Waals surface area contributed by atoms with Crippen molar-refractivity contribution in [3.8, 4) is 11.5 Å². The molecule has 32 heavy (non-hydrogen) atoms. The average Bonchev–Trinajstić information content (AvgIpc) is 2.82. The van der Waals surface area contributed by atoms with Gasteiger partial charge in [0.25, 0.3) is 0 Å². The van der Waals surface area contributed by atoms with E-state index in [1.807, 2.05) is 19.1 Å². The highest BCUT2D eigenvalue weighted by Gasteiger charge is 2.24. The summed E-state index contributed by atoms with van der Waals surface area (Å²) in [7, 11) is 0. The number of benzene rings is 3. The lowest BCUT2D eigenvalue weighted by Gasteiger charge is -2.20. The zero-order valence-electron chi connectivity index (χ0n) is 19.0. The molecule has 0 fully saturated rings. The summed E-state index contributed by atoms with van der Waals surface area (Å²) in [6, 6.07) is 19.8. The Hall–Kier alpha value is -3.40. The molecular formula is C28H30O4. The fraction of sp³-hybridized carbons (Fsp3) is 0.286. The first kappa shape index (κ1) is 23.3. The van der Waals surface area contributed by atoms with Crippen LogP contribution in [0.5, 0.6) is 11.5 Å². The highest BCUT2D eigenvalue weighted by molar-refractivity contribution is 5.93. The molecule has 166 valence electrons. The van der Waals surface area contributed by atoms with E-state index in [-0.39, 0.29) is 0 Å². The van der Waals surface area contributed by atoms with Crippen LogP contribution < -0.4 is 9.47 Å². The third-order valence-corrected chi connectivity index (χ3v) is 5.35.